The van der Waals surface area contributed by atoms with Crippen LogP contribution in [0.5, 0.6) is 0 Å². The van der Waals surface area contributed by atoms with Gasteiger partial charge in [-0.1, -0.05) is 30.3 Å². The van der Waals surface area contributed by atoms with Crippen LogP contribution in [-0.2, 0) is 9.53 Å². The van der Waals surface area contributed by atoms with E-state index < -0.39 is 16.6 Å². The second-order valence-electron chi connectivity index (χ2n) is 6.95. The number of thioether (sulfide) groups is 1. The Balaban J connectivity index is 1.76. The Labute approximate surface area is 178 Å². The van der Waals surface area contributed by atoms with Crippen LogP contribution < -0.4 is 0 Å². The van der Waals surface area contributed by atoms with Crippen LogP contribution in [0.3, 0.4) is 0 Å². The third kappa shape index (κ3) is 3.58. The summed E-state index contributed by atoms with van der Waals surface area (Å²) in [6.07, 6.45) is 18.0. The van der Waals surface area contributed by atoms with Crippen molar-refractivity contribution in [1.82, 2.24) is 0 Å². The molecule has 0 N–H and O–H groups in total. The quantitative estimate of drug-likeness (QED) is 0.370. The highest BCUT2D eigenvalue weighted by molar-refractivity contribution is 8.00. The van der Waals surface area contributed by atoms with Crippen LogP contribution >= 0.6 is 11.8 Å². The van der Waals surface area contributed by atoms with Gasteiger partial charge in [0.05, 0.1) is 11.4 Å². The topological polar surface area (TPSA) is 43.4 Å². The SMILES string of the molecule is CCOC(=O)C(C(=O)c1ccccc1)C1(SC)C([C]2[CH][CH][CH][CH]2)=C1[C]1[CH][CH][CH][CH]1. The molecule has 2 saturated carbocycles. The summed E-state index contributed by atoms with van der Waals surface area (Å²) in [6, 6.07) is 9.01. The second kappa shape index (κ2) is 8.67. The molecular formula is C25H22O3S. The summed E-state index contributed by atoms with van der Waals surface area (Å²) in [6.45, 7) is 2.00. The van der Waals surface area contributed by atoms with Gasteiger partial charge in [-0.3, -0.25) is 9.59 Å². The largest absolute Gasteiger partial charge is 0.465 e. The molecule has 10 radical (unpaired) electrons. The number of benzene rings is 1. The molecule has 0 heterocycles. The van der Waals surface area contributed by atoms with Crippen molar-refractivity contribution in [3.63, 3.8) is 0 Å². The van der Waals surface area contributed by atoms with E-state index in [0.717, 1.165) is 23.0 Å². The minimum Gasteiger partial charge on any atom is -0.465 e. The monoisotopic (exact) mass is 402 g/mol. The fraction of sp³-hybridized carbons (Fsp3) is 0.200. The summed E-state index contributed by atoms with van der Waals surface area (Å²) >= 11 is 1.54. The van der Waals surface area contributed by atoms with E-state index in [2.05, 4.69) is 0 Å². The van der Waals surface area contributed by atoms with Crippen molar-refractivity contribution in [2.45, 2.75) is 11.7 Å². The van der Waals surface area contributed by atoms with Gasteiger partial charge in [0.2, 0.25) is 0 Å². The van der Waals surface area contributed by atoms with Crippen LogP contribution in [0.1, 0.15) is 17.3 Å². The summed E-state index contributed by atoms with van der Waals surface area (Å²) in [5.74, 6) is 0.483. The highest BCUT2D eigenvalue weighted by Crippen LogP contribution is 2.68. The molecule has 3 aliphatic rings. The maximum absolute atomic E-state index is 13.6. The average Bonchev–Trinajstić information content (AvgIpc) is 3.17. The third-order valence-electron chi connectivity index (χ3n) is 5.40. The Bertz CT molecular complexity index is 760. The van der Waals surface area contributed by atoms with Gasteiger partial charge in [-0.2, -0.15) is 0 Å². The summed E-state index contributed by atoms with van der Waals surface area (Å²) < 4.78 is 4.67. The van der Waals surface area contributed by atoms with Gasteiger partial charge in [-0.05, 0) is 75.7 Å². The van der Waals surface area contributed by atoms with Crippen molar-refractivity contribution in [2.24, 2.45) is 5.92 Å². The van der Waals surface area contributed by atoms with E-state index in [0.29, 0.717) is 5.56 Å². The molecule has 3 aliphatic carbocycles. The lowest BCUT2D eigenvalue weighted by Gasteiger charge is -2.29. The normalized spacial score (nSPS) is 22.7. The van der Waals surface area contributed by atoms with Gasteiger partial charge < -0.3 is 4.74 Å². The number of Topliss-reactive ketones (excluding diaryl/α,β-unsaturated/α-hetero) is 1. The summed E-state index contributed by atoms with van der Waals surface area (Å²) in [5.41, 5.74) is 2.61. The minimum absolute atomic E-state index is 0.205. The first kappa shape index (κ1) is 20.7. The highest BCUT2D eigenvalue weighted by Gasteiger charge is 2.66. The lowest BCUT2D eigenvalue weighted by molar-refractivity contribution is -0.146. The Morgan fingerprint density at radius 1 is 0.931 bits per heavy atom. The molecule has 0 spiro atoms. The number of carbonyl (C=O) groups is 2. The number of esters is 1. The molecule has 3 nitrogen and oxygen atoms in total. The number of hydrogen-bond donors (Lipinski definition) is 0. The van der Waals surface area contributed by atoms with Gasteiger partial charge in [0.1, 0.15) is 5.92 Å². The highest BCUT2D eigenvalue weighted by atomic mass is 32.2. The first-order valence-electron chi connectivity index (χ1n) is 9.65. The molecule has 1 atom stereocenters. The van der Waals surface area contributed by atoms with Gasteiger partial charge in [0.25, 0.3) is 0 Å². The molecule has 0 aromatic heterocycles. The zero-order valence-electron chi connectivity index (χ0n) is 16.4. The van der Waals surface area contributed by atoms with Crippen molar-refractivity contribution in [1.29, 1.82) is 0 Å². The number of carbonyl (C=O) groups excluding carboxylic acids is 2. The summed E-state index contributed by atoms with van der Waals surface area (Å²) in [5, 5.41) is 0. The number of rotatable bonds is 8. The fourth-order valence-corrected chi connectivity index (χ4v) is 5.38. The van der Waals surface area contributed by atoms with E-state index in [1.54, 1.807) is 30.8 Å². The van der Waals surface area contributed by atoms with Crippen LogP contribution in [-0.4, -0.2) is 29.4 Å². The minimum atomic E-state index is -0.936. The Kier molecular flexibility index (Phi) is 6.19. The molecule has 29 heavy (non-hydrogen) atoms. The van der Waals surface area contributed by atoms with Crippen molar-refractivity contribution >= 4 is 23.5 Å². The van der Waals surface area contributed by atoms with E-state index in [9.17, 15) is 9.59 Å². The van der Waals surface area contributed by atoms with Gasteiger partial charge >= 0.3 is 5.97 Å². The lowest BCUT2D eigenvalue weighted by Crippen LogP contribution is -2.40. The molecule has 2 fully saturated rings. The first-order chi connectivity index (χ1) is 14.1. The van der Waals surface area contributed by atoms with Gasteiger partial charge in [-0.15, -0.1) is 11.8 Å². The number of hydrogen-bond acceptors (Lipinski definition) is 4. The standard InChI is InChI=1S/C25H22O3S/c1-3-28-24(27)22(23(26)19-15-5-4-6-16-19)25(29-2)20(17-11-7-8-12-17)21(25)18-13-9-10-14-18/h4-16,22H,3H2,1-2H3. The predicted molar refractivity (Wildman–Crippen MR) is 115 cm³/mol. The summed E-state index contributed by atoms with van der Waals surface area (Å²) in [7, 11) is 0. The zero-order valence-corrected chi connectivity index (χ0v) is 17.2. The van der Waals surface area contributed by atoms with Crippen LogP contribution in [0, 0.1) is 69.1 Å². The van der Waals surface area contributed by atoms with E-state index in [-0.39, 0.29) is 12.4 Å². The van der Waals surface area contributed by atoms with Crippen molar-refractivity contribution in [3.05, 3.63) is 110 Å². The van der Waals surface area contributed by atoms with Crippen molar-refractivity contribution in [3.8, 4) is 0 Å². The van der Waals surface area contributed by atoms with Crippen LogP contribution in [0.2, 0.25) is 0 Å². The lowest BCUT2D eigenvalue weighted by atomic mass is 9.85. The molecule has 1 unspecified atom stereocenters. The Morgan fingerprint density at radius 3 is 1.90 bits per heavy atom. The maximum Gasteiger partial charge on any atom is 0.318 e. The second-order valence-corrected chi connectivity index (χ2v) is 8.00. The molecule has 0 saturated heterocycles. The molecule has 0 bridgehead atoms. The molecule has 146 valence electrons. The van der Waals surface area contributed by atoms with E-state index in [4.69, 9.17) is 4.74 Å². The van der Waals surface area contributed by atoms with E-state index in [1.807, 2.05) is 75.8 Å². The molecule has 0 aliphatic heterocycles. The Morgan fingerprint density at radius 2 is 1.45 bits per heavy atom. The third-order valence-corrected chi connectivity index (χ3v) is 6.69. The molecule has 1 aromatic rings. The van der Waals surface area contributed by atoms with Crippen LogP contribution in [0.4, 0.5) is 0 Å². The van der Waals surface area contributed by atoms with E-state index in [1.165, 1.54) is 0 Å². The molecule has 1 aromatic carbocycles. The molecule has 4 rings (SSSR count). The molecule has 0 amide bonds. The number of ether oxygens (including phenoxy) is 1. The number of ketones is 1. The average molecular weight is 403 g/mol. The van der Waals surface area contributed by atoms with Gasteiger partial charge in [0, 0.05) is 17.4 Å². The van der Waals surface area contributed by atoms with E-state index >= 15 is 0 Å². The zero-order chi connectivity index (χ0) is 20.4. The smallest absolute Gasteiger partial charge is 0.318 e. The molecule has 4 heteroatoms. The summed E-state index contributed by atoms with van der Waals surface area (Å²) in [4.78, 5) is 26.7. The fourth-order valence-electron chi connectivity index (χ4n) is 4.14. The Hall–Kier alpha value is -1.55. The van der Waals surface area contributed by atoms with Crippen LogP contribution in [0.15, 0.2) is 41.5 Å². The van der Waals surface area contributed by atoms with Gasteiger partial charge in [0.15, 0.2) is 5.78 Å². The predicted octanol–water partition coefficient (Wildman–Crippen LogP) is 4.27. The van der Waals surface area contributed by atoms with Gasteiger partial charge in [-0.25, -0.2) is 0 Å². The van der Waals surface area contributed by atoms with Crippen molar-refractivity contribution in [2.75, 3.05) is 12.9 Å². The van der Waals surface area contributed by atoms with Crippen molar-refractivity contribution < 1.29 is 14.3 Å². The van der Waals surface area contributed by atoms with Crippen LogP contribution in [0.25, 0.3) is 0 Å². The first-order valence-corrected chi connectivity index (χ1v) is 10.9. The molecular weight excluding hydrogens is 380 g/mol. The maximum atomic E-state index is 13.6.